The van der Waals surface area contributed by atoms with Gasteiger partial charge in [-0.05, 0) is 121 Å². The normalized spacial score (nSPS) is 12.5. The van der Waals surface area contributed by atoms with E-state index >= 15 is 0 Å². The molecule has 13 nitrogen and oxygen atoms in total. The van der Waals surface area contributed by atoms with Crippen LogP contribution >= 0.6 is 31.9 Å². The molecule has 3 heterocycles. The van der Waals surface area contributed by atoms with Gasteiger partial charge in [-0.15, -0.1) is 0 Å². The molecule has 19 heteroatoms. The minimum atomic E-state index is -4.27. The topological polar surface area (TPSA) is 184 Å². The lowest BCUT2D eigenvalue weighted by Gasteiger charge is -2.08. The van der Waals surface area contributed by atoms with Gasteiger partial charge in [0.05, 0.1) is 20.8 Å². The number of para-hydroxylation sites is 2. The van der Waals surface area contributed by atoms with Crippen LogP contribution in [0.2, 0.25) is 0 Å². The van der Waals surface area contributed by atoms with E-state index in [2.05, 4.69) is 41.3 Å². The Balaban J connectivity index is 0.912. The summed E-state index contributed by atoms with van der Waals surface area (Å²) in [5, 5.41) is 0.454. The minimum absolute atomic E-state index is 0.00702. The van der Waals surface area contributed by atoms with Gasteiger partial charge in [0.1, 0.15) is 21.3 Å². The lowest BCUT2D eigenvalue weighted by atomic mass is 10.1. The predicted molar refractivity (Wildman–Crippen MR) is 249 cm³/mol. The Morgan fingerprint density at radius 1 is 0.413 bits per heavy atom. The molecule has 6 aromatic carbocycles. The second kappa shape index (κ2) is 16.0. The minimum Gasteiger partial charge on any atom is -0.456 e. The summed E-state index contributed by atoms with van der Waals surface area (Å²) in [5.74, 6) is 0.944. The van der Waals surface area contributed by atoms with Crippen molar-refractivity contribution in [3.8, 4) is 22.6 Å². The molecule has 0 amide bonds. The first kappa shape index (κ1) is 42.3. The molecule has 0 bridgehead atoms. The van der Waals surface area contributed by atoms with Crippen LogP contribution < -0.4 is 9.44 Å². The molecule has 63 heavy (non-hydrogen) atoms. The first-order valence-electron chi connectivity index (χ1n) is 18.6. The van der Waals surface area contributed by atoms with Gasteiger partial charge < -0.3 is 4.42 Å². The molecule has 0 unspecified atom stereocenters. The van der Waals surface area contributed by atoms with Crippen molar-refractivity contribution in [2.45, 2.75) is 19.6 Å². The molecular formula is C44H30Br2N4O9S4. The Hall–Kier alpha value is -5.96. The van der Waals surface area contributed by atoms with Gasteiger partial charge in [0.15, 0.2) is 0 Å². The van der Waals surface area contributed by atoms with Crippen LogP contribution in [0.25, 0.3) is 44.5 Å². The molecule has 3 aromatic heterocycles. The van der Waals surface area contributed by atoms with Gasteiger partial charge in [0.25, 0.3) is 40.1 Å². The van der Waals surface area contributed by atoms with E-state index in [1.165, 1.54) is 24.3 Å². The number of nitrogens with one attached hydrogen (secondary N) is 2. The third-order valence-electron chi connectivity index (χ3n) is 10.1. The Labute approximate surface area is 379 Å². The first-order valence-corrected chi connectivity index (χ1v) is 26.0. The van der Waals surface area contributed by atoms with Crippen LogP contribution in [0.3, 0.4) is 0 Å². The molecule has 0 aliphatic carbocycles. The summed E-state index contributed by atoms with van der Waals surface area (Å²) < 4.78 is 124. The standard InChI is InChI=1S/C44H30Br2N4O9S4/c45-31-13-21-35(22-14-31)62(55,56)49-27-43(37-5-1-3-7-39(37)49)60(51,52)47-33-17-9-29(10-18-33)41-25-26-42(59-41)30-11-19-34(20-12-30)48-61(53,54)44-28-50(40-8-4-2-6-38(40)44)63(57,58)36-23-15-32(46)16-24-36/h1-28,47-48H. The van der Waals surface area contributed by atoms with E-state index < -0.39 is 40.1 Å². The van der Waals surface area contributed by atoms with E-state index in [1.807, 2.05) is 0 Å². The summed E-state index contributed by atoms with van der Waals surface area (Å²) in [6.07, 6.45) is 2.21. The third-order valence-corrected chi connectivity index (χ3v) is 17.3. The maximum absolute atomic E-state index is 13.8. The Bertz CT molecular complexity index is 3440. The van der Waals surface area contributed by atoms with Gasteiger partial charge in [-0.1, -0.05) is 68.3 Å². The highest BCUT2D eigenvalue weighted by molar-refractivity contribution is 9.10. The van der Waals surface area contributed by atoms with Crippen molar-refractivity contribution < 1.29 is 38.1 Å². The zero-order chi connectivity index (χ0) is 44.3. The summed E-state index contributed by atoms with van der Waals surface area (Å²) in [6.45, 7) is 0. The molecular weight excluding hydrogens is 1020 g/mol. The number of anilines is 2. The van der Waals surface area contributed by atoms with Crippen molar-refractivity contribution in [2.75, 3.05) is 9.44 Å². The average molecular weight is 1050 g/mol. The monoisotopic (exact) mass is 1040 g/mol. The van der Waals surface area contributed by atoms with E-state index in [1.54, 1.807) is 133 Å². The number of benzene rings is 6. The number of furan rings is 1. The van der Waals surface area contributed by atoms with Crippen molar-refractivity contribution in [1.82, 2.24) is 7.94 Å². The number of rotatable bonds is 12. The molecule has 9 rings (SSSR count). The van der Waals surface area contributed by atoms with E-state index in [9.17, 15) is 33.7 Å². The fraction of sp³-hybridized carbons (Fsp3) is 0. The highest BCUT2D eigenvalue weighted by Crippen LogP contribution is 2.35. The van der Waals surface area contributed by atoms with E-state index in [0.29, 0.717) is 31.6 Å². The lowest BCUT2D eigenvalue weighted by Crippen LogP contribution is -2.14. The van der Waals surface area contributed by atoms with Gasteiger partial charge in [-0.3, -0.25) is 9.44 Å². The fourth-order valence-corrected chi connectivity index (χ4v) is 12.9. The van der Waals surface area contributed by atoms with Crippen LogP contribution in [0, 0.1) is 0 Å². The maximum atomic E-state index is 13.8. The summed E-state index contributed by atoms with van der Waals surface area (Å²) in [5.41, 5.74) is 2.12. The second-order valence-electron chi connectivity index (χ2n) is 14.1. The van der Waals surface area contributed by atoms with Crippen molar-refractivity contribution in [3.63, 3.8) is 0 Å². The number of hydrogen-bond donors (Lipinski definition) is 2. The summed E-state index contributed by atoms with van der Waals surface area (Å²) >= 11 is 6.61. The average Bonchev–Trinajstić information content (AvgIpc) is 4.02. The molecule has 9 aromatic rings. The molecule has 0 spiro atoms. The van der Waals surface area contributed by atoms with Crippen LogP contribution in [-0.2, 0) is 40.1 Å². The van der Waals surface area contributed by atoms with Gasteiger partial charge in [-0.25, -0.2) is 41.6 Å². The highest BCUT2D eigenvalue weighted by atomic mass is 79.9. The van der Waals surface area contributed by atoms with Gasteiger partial charge >= 0.3 is 0 Å². The van der Waals surface area contributed by atoms with Crippen LogP contribution in [0.4, 0.5) is 11.4 Å². The van der Waals surface area contributed by atoms with Crippen LogP contribution in [0.1, 0.15) is 0 Å². The van der Waals surface area contributed by atoms with Crippen molar-refractivity contribution in [1.29, 1.82) is 0 Å². The van der Waals surface area contributed by atoms with Crippen molar-refractivity contribution in [2.24, 2.45) is 0 Å². The van der Waals surface area contributed by atoms with Gasteiger partial charge in [0, 0.05) is 54.6 Å². The van der Waals surface area contributed by atoms with Crippen LogP contribution in [0.5, 0.6) is 0 Å². The molecule has 0 fully saturated rings. The molecule has 0 radical (unpaired) electrons. The second-order valence-corrected chi connectivity index (χ2v) is 22.8. The van der Waals surface area contributed by atoms with E-state index in [4.69, 9.17) is 4.42 Å². The molecule has 318 valence electrons. The number of hydrogen-bond acceptors (Lipinski definition) is 9. The molecule has 0 aliphatic rings. The van der Waals surface area contributed by atoms with Gasteiger partial charge in [-0.2, -0.15) is 0 Å². The zero-order valence-electron chi connectivity index (χ0n) is 32.1. The van der Waals surface area contributed by atoms with E-state index in [0.717, 1.165) is 20.3 Å². The highest BCUT2D eigenvalue weighted by Gasteiger charge is 2.29. The molecule has 0 aliphatic heterocycles. The maximum Gasteiger partial charge on any atom is 0.268 e. The Morgan fingerprint density at radius 2 is 0.762 bits per heavy atom. The number of halogens is 2. The Morgan fingerprint density at radius 3 is 1.13 bits per heavy atom. The van der Waals surface area contributed by atoms with E-state index in [-0.39, 0.29) is 52.8 Å². The largest absolute Gasteiger partial charge is 0.456 e. The molecule has 2 N–H and O–H groups in total. The van der Waals surface area contributed by atoms with Gasteiger partial charge in [0.2, 0.25) is 0 Å². The SMILES string of the molecule is O=S(=O)(Nc1ccc(-c2ccc(-c3ccc(NS(=O)(=O)c4cn(S(=O)(=O)c5ccc(Br)cc5)c5ccccc45)cc3)o2)cc1)c1cn(S(=O)(=O)c2ccc(Br)cc2)c2ccccc12. The third kappa shape index (κ3) is 8.00. The van der Waals surface area contributed by atoms with Crippen molar-refractivity contribution in [3.05, 3.63) is 179 Å². The molecule has 0 atom stereocenters. The van der Waals surface area contributed by atoms with Crippen LogP contribution in [-0.4, -0.2) is 41.6 Å². The summed E-state index contributed by atoms with van der Waals surface area (Å²) in [6, 6.07) is 41.2. The number of sulfonamides is 2. The number of nitrogens with zero attached hydrogens (tertiary/aromatic N) is 2. The predicted octanol–water partition coefficient (Wildman–Crippen LogP) is 10.1. The quantitative estimate of drug-likeness (QED) is 0.120. The Kier molecular flexibility index (Phi) is 10.7. The fourth-order valence-electron chi connectivity index (χ4n) is 6.98. The number of fused-ring (bicyclic) bond motifs is 2. The molecule has 0 saturated heterocycles. The number of aromatic nitrogens is 2. The first-order chi connectivity index (χ1) is 30.0. The molecule has 0 saturated carbocycles. The van der Waals surface area contributed by atoms with Crippen LogP contribution in [0.15, 0.2) is 203 Å². The summed E-state index contributed by atoms with van der Waals surface area (Å²) in [7, 11) is -16.8. The zero-order valence-corrected chi connectivity index (χ0v) is 38.6. The lowest BCUT2D eigenvalue weighted by molar-refractivity contribution is 0.586. The summed E-state index contributed by atoms with van der Waals surface area (Å²) in [4.78, 5) is -0.444. The smallest absolute Gasteiger partial charge is 0.268 e. The van der Waals surface area contributed by atoms with Crippen molar-refractivity contribution >= 4 is 105 Å².